The molecular formula is C34H27F4N3O4. The molecule has 1 aliphatic rings. The Balaban J connectivity index is 1.34. The molecule has 1 amide bonds. The molecule has 0 saturated heterocycles. The molecule has 45 heavy (non-hydrogen) atoms. The molecule has 0 spiro atoms. The summed E-state index contributed by atoms with van der Waals surface area (Å²) < 4.78 is 59.5. The minimum atomic E-state index is -4.68. The van der Waals surface area contributed by atoms with E-state index in [0.717, 1.165) is 6.07 Å². The van der Waals surface area contributed by atoms with E-state index in [1.807, 2.05) is 0 Å². The number of benzene rings is 2. The first kappa shape index (κ1) is 30.0. The number of amides is 1. The molecule has 0 aliphatic heterocycles. The maximum atomic E-state index is 14.6. The number of hydrogen-bond acceptors (Lipinski definition) is 5. The summed E-state index contributed by atoms with van der Waals surface area (Å²) in [4.78, 5) is 36.3. The molecule has 3 heterocycles. The Morgan fingerprint density at radius 2 is 1.71 bits per heavy atom. The number of aryl methyl sites for hydroxylation is 1. The third kappa shape index (κ3) is 5.77. The van der Waals surface area contributed by atoms with Crippen molar-refractivity contribution in [2.45, 2.75) is 51.4 Å². The second kappa shape index (κ2) is 11.1. The number of carboxylic acid groups (broad SMARTS) is 1. The summed E-state index contributed by atoms with van der Waals surface area (Å²) in [5.41, 5.74) is 3.51. The van der Waals surface area contributed by atoms with Crippen LogP contribution in [0.3, 0.4) is 0 Å². The van der Waals surface area contributed by atoms with E-state index in [1.54, 1.807) is 62.5 Å². The van der Waals surface area contributed by atoms with Gasteiger partial charge in [0.25, 0.3) is 5.91 Å². The van der Waals surface area contributed by atoms with Crippen LogP contribution in [0.2, 0.25) is 0 Å². The predicted molar refractivity (Wildman–Crippen MR) is 157 cm³/mol. The van der Waals surface area contributed by atoms with Crippen molar-refractivity contribution in [1.29, 1.82) is 0 Å². The Bertz CT molecular complexity index is 1950. The highest BCUT2D eigenvalue weighted by Gasteiger charge is 2.52. The Kier molecular flexibility index (Phi) is 7.42. The SMILES string of the molecule is Cc1nc2cccnc2c(C(=O)N(Cc2ccc(-c3cc(F)cc(C4(C(=O)O)CC4)c3)cc2)Cc2ccc(C(F)(F)F)o2)c1C. The van der Waals surface area contributed by atoms with E-state index in [4.69, 9.17) is 4.42 Å². The van der Waals surface area contributed by atoms with Crippen molar-refractivity contribution in [2.75, 3.05) is 0 Å². The number of rotatable bonds is 8. The second-order valence-electron chi connectivity index (χ2n) is 11.3. The van der Waals surface area contributed by atoms with Gasteiger partial charge in [0, 0.05) is 18.4 Å². The monoisotopic (exact) mass is 617 g/mol. The normalized spacial score (nSPS) is 14.0. The maximum Gasteiger partial charge on any atom is 0.449 e. The molecule has 1 fully saturated rings. The fraction of sp³-hybridized carbons (Fsp3) is 0.235. The van der Waals surface area contributed by atoms with E-state index >= 15 is 0 Å². The lowest BCUT2D eigenvalue weighted by atomic mass is 9.92. The van der Waals surface area contributed by atoms with Gasteiger partial charge in [-0.05, 0) is 97.0 Å². The lowest BCUT2D eigenvalue weighted by molar-refractivity contribution is -0.153. The summed E-state index contributed by atoms with van der Waals surface area (Å²) >= 11 is 0. The molecule has 1 saturated carbocycles. The van der Waals surface area contributed by atoms with Crippen molar-refractivity contribution in [3.05, 3.63) is 118 Å². The summed E-state index contributed by atoms with van der Waals surface area (Å²) in [5.74, 6) is -3.21. The summed E-state index contributed by atoms with van der Waals surface area (Å²) in [5, 5.41) is 9.67. The van der Waals surface area contributed by atoms with Crippen LogP contribution in [-0.4, -0.2) is 31.9 Å². The van der Waals surface area contributed by atoms with Crippen molar-refractivity contribution < 1.29 is 36.7 Å². The summed E-state index contributed by atoms with van der Waals surface area (Å²) in [6.07, 6.45) is -2.26. The molecule has 1 N–H and O–H groups in total. The van der Waals surface area contributed by atoms with Crippen molar-refractivity contribution >= 4 is 22.9 Å². The number of carbonyl (C=O) groups is 2. The number of fused-ring (bicyclic) bond motifs is 1. The van der Waals surface area contributed by atoms with E-state index in [1.165, 1.54) is 23.1 Å². The van der Waals surface area contributed by atoms with E-state index in [0.29, 0.717) is 57.4 Å². The molecule has 0 radical (unpaired) electrons. The van der Waals surface area contributed by atoms with Gasteiger partial charge in [-0.25, -0.2) is 4.39 Å². The number of pyridine rings is 2. The van der Waals surface area contributed by atoms with E-state index in [9.17, 15) is 32.3 Å². The highest BCUT2D eigenvalue weighted by molar-refractivity contribution is 6.06. The van der Waals surface area contributed by atoms with Crippen molar-refractivity contribution in [3.63, 3.8) is 0 Å². The molecule has 5 aromatic rings. The van der Waals surface area contributed by atoms with Crippen LogP contribution in [0.5, 0.6) is 0 Å². The van der Waals surface area contributed by atoms with Crippen LogP contribution in [0, 0.1) is 19.7 Å². The van der Waals surface area contributed by atoms with Gasteiger partial charge in [-0.1, -0.05) is 24.3 Å². The Morgan fingerprint density at radius 3 is 2.36 bits per heavy atom. The minimum Gasteiger partial charge on any atom is -0.481 e. The molecule has 7 nitrogen and oxygen atoms in total. The van der Waals surface area contributed by atoms with Crippen LogP contribution in [0.25, 0.3) is 22.2 Å². The number of nitrogens with zero attached hydrogens (tertiary/aromatic N) is 3. The molecule has 2 aromatic carbocycles. The van der Waals surface area contributed by atoms with Crippen LogP contribution in [-0.2, 0) is 29.5 Å². The van der Waals surface area contributed by atoms with Crippen LogP contribution >= 0.6 is 0 Å². The number of aliphatic carboxylic acids is 1. The lowest BCUT2D eigenvalue weighted by Gasteiger charge is -2.24. The fourth-order valence-electron chi connectivity index (χ4n) is 5.53. The smallest absolute Gasteiger partial charge is 0.449 e. The van der Waals surface area contributed by atoms with Gasteiger partial charge in [0.15, 0.2) is 0 Å². The van der Waals surface area contributed by atoms with Crippen molar-refractivity contribution in [2.24, 2.45) is 0 Å². The summed E-state index contributed by atoms with van der Waals surface area (Å²) in [7, 11) is 0. The first-order chi connectivity index (χ1) is 21.4. The number of hydrogen-bond donors (Lipinski definition) is 1. The zero-order valence-electron chi connectivity index (χ0n) is 24.3. The molecule has 3 aromatic heterocycles. The van der Waals surface area contributed by atoms with Gasteiger partial charge < -0.3 is 14.4 Å². The molecule has 11 heteroatoms. The van der Waals surface area contributed by atoms with E-state index in [2.05, 4.69) is 9.97 Å². The zero-order chi connectivity index (χ0) is 32.1. The largest absolute Gasteiger partial charge is 0.481 e. The third-order valence-electron chi connectivity index (χ3n) is 8.29. The van der Waals surface area contributed by atoms with Gasteiger partial charge >= 0.3 is 12.1 Å². The van der Waals surface area contributed by atoms with Gasteiger partial charge in [-0.2, -0.15) is 13.2 Å². The van der Waals surface area contributed by atoms with Crippen molar-refractivity contribution in [1.82, 2.24) is 14.9 Å². The lowest BCUT2D eigenvalue weighted by Crippen LogP contribution is -2.31. The van der Waals surface area contributed by atoms with E-state index < -0.39 is 35.0 Å². The maximum absolute atomic E-state index is 14.6. The molecule has 230 valence electrons. The highest BCUT2D eigenvalue weighted by atomic mass is 19.4. The first-order valence-corrected chi connectivity index (χ1v) is 14.2. The predicted octanol–water partition coefficient (Wildman–Crippen LogP) is 7.62. The standard InChI is InChI=1S/C34H27F4N3O4/c1-19-20(2)40-27-4-3-13-39-30(27)29(19)31(42)41(18-26-9-10-28(45-26)34(36,37)38)17-21-5-7-22(8-6-21)23-14-24(16-25(35)15-23)33(11-12-33)32(43)44/h3-10,13-16H,11-12,17-18H2,1-2H3,(H,43,44). The van der Waals surface area contributed by atoms with Crippen LogP contribution in [0.4, 0.5) is 17.6 Å². The first-order valence-electron chi connectivity index (χ1n) is 14.2. The second-order valence-corrected chi connectivity index (χ2v) is 11.3. The summed E-state index contributed by atoms with van der Waals surface area (Å²) in [6.45, 7) is 3.26. The molecule has 1 aliphatic carbocycles. The third-order valence-corrected chi connectivity index (χ3v) is 8.29. The molecule has 0 bridgehead atoms. The molecule has 0 atom stereocenters. The van der Waals surface area contributed by atoms with Gasteiger partial charge in [0.05, 0.1) is 23.0 Å². The quantitative estimate of drug-likeness (QED) is 0.180. The molecule has 6 rings (SSSR count). The van der Waals surface area contributed by atoms with Gasteiger partial charge in [-0.15, -0.1) is 0 Å². The Morgan fingerprint density at radius 1 is 0.978 bits per heavy atom. The van der Waals surface area contributed by atoms with Gasteiger partial charge in [0.2, 0.25) is 5.76 Å². The van der Waals surface area contributed by atoms with E-state index in [-0.39, 0.29) is 24.4 Å². The summed E-state index contributed by atoms with van der Waals surface area (Å²) in [6, 6.07) is 16.6. The number of halogens is 4. The average molecular weight is 618 g/mol. The average Bonchev–Trinajstić information content (AvgIpc) is 3.68. The Labute approximate surface area is 255 Å². The fourth-order valence-corrected chi connectivity index (χ4v) is 5.53. The van der Waals surface area contributed by atoms with Gasteiger partial charge in [0.1, 0.15) is 17.1 Å². The highest BCUT2D eigenvalue weighted by Crippen LogP contribution is 2.49. The van der Waals surface area contributed by atoms with Crippen LogP contribution in [0.15, 0.2) is 77.3 Å². The number of carboxylic acids is 1. The number of carbonyl (C=O) groups excluding carboxylic acids is 1. The Hall–Kier alpha value is -5.06. The number of furan rings is 1. The van der Waals surface area contributed by atoms with Gasteiger partial charge in [-0.3, -0.25) is 19.6 Å². The zero-order valence-corrected chi connectivity index (χ0v) is 24.3. The number of alkyl halides is 3. The molecule has 0 unspecified atom stereocenters. The van der Waals surface area contributed by atoms with Crippen LogP contribution < -0.4 is 0 Å². The minimum absolute atomic E-state index is 0.00677. The van der Waals surface area contributed by atoms with Crippen molar-refractivity contribution in [3.8, 4) is 11.1 Å². The number of aromatic nitrogens is 2. The van der Waals surface area contributed by atoms with Crippen LogP contribution in [0.1, 0.15) is 57.1 Å². The molecular weight excluding hydrogens is 590 g/mol. The topological polar surface area (TPSA) is 96.5 Å².